The number of nitrogens with zero attached hydrogens (tertiary/aromatic N) is 3. The lowest BCUT2D eigenvalue weighted by Crippen LogP contribution is -2.47. The van der Waals surface area contributed by atoms with Crippen LogP contribution in [0.2, 0.25) is 0 Å². The number of anilines is 3. The average molecular weight is 463 g/mol. The van der Waals surface area contributed by atoms with Crippen molar-refractivity contribution in [3.63, 3.8) is 0 Å². The van der Waals surface area contributed by atoms with Gasteiger partial charge in [0.05, 0.1) is 18.4 Å². The third-order valence-electron chi connectivity index (χ3n) is 7.13. The van der Waals surface area contributed by atoms with Crippen molar-refractivity contribution in [1.29, 1.82) is 0 Å². The second-order valence-electron chi connectivity index (χ2n) is 9.49. The summed E-state index contributed by atoms with van der Waals surface area (Å²) in [6.45, 7) is 4.92. The molecule has 2 heterocycles. The van der Waals surface area contributed by atoms with Gasteiger partial charge < -0.3 is 24.8 Å². The third-order valence-corrected chi connectivity index (χ3v) is 7.13. The quantitative estimate of drug-likeness (QED) is 0.703. The molecule has 2 aromatic carbocycles. The molecule has 7 nitrogen and oxygen atoms in total. The smallest absolute Gasteiger partial charge is 0.256 e. The van der Waals surface area contributed by atoms with Crippen molar-refractivity contribution >= 4 is 28.9 Å². The van der Waals surface area contributed by atoms with Crippen LogP contribution in [0.25, 0.3) is 0 Å². The number of amides is 2. The van der Waals surface area contributed by atoms with Gasteiger partial charge in [0.2, 0.25) is 5.91 Å². The number of nitrogens with one attached hydrogen (secondary N) is 1. The number of likely N-dealkylation sites (tertiary alicyclic amines) is 1. The Kier molecular flexibility index (Phi) is 6.61. The van der Waals surface area contributed by atoms with E-state index >= 15 is 0 Å². The van der Waals surface area contributed by atoms with E-state index in [1.807, 2.05) is 41.3 Å². The van der Waals surface area contributed by atoms with E-state index in [0.717, 1.165) is 82.1 Å². The van der Waals surface area contributed by atoms with Crippen LogP contribution in [-0.2, 0) is 4.79 Å². The molecule has 1 saturated carbocycles. The first-order chi connectivity index (χ1) is 16.6. The molecule has 7 heteroatoms. The lowest BCUT2D eigenvalue weighted by molar-refractivity contribution is -0.117. The van der Waals surface area contributed by atoms with Crippen LogP contribution in [0.5, 0.6) is 5.75 Å². The third kappa shape index (κ3) is 4.83. The van der Waals surface area contributed by atoms with Crippen molar-refractivity contribution in [2.45, 2.75) is 32.1 Å². The SMILES string of the molecule is COc1ccccc1N1CCN(c2ccc(NC(=O)C3CC3)cc2C(=O)N2CCCCC2)CC1. The maximum atomic E-state index is 13.6. The van der Waals surface area contributed by atoms with E-state index in [0.29, 0.717) is 11.3 Å². The summed E-state index contributed by atoms with van der Waals surface area (Å²) in [5.41, 5.74) is 3.47. The zero-order valence-electron chi connectivity index (χ0n) is 20.0. The molecule has 3 aliphatic rings. The summed E-state index contributed by atoms with van der Waals surface area (Å²) in [5, 5.41) is 3.02. The average Bonchev–Trinajstić information content (AvgIpc) is 3.75. The number of hydrogen-bond acceptors (Lipinski definition) is 5. The molecule has 0 spiro atoms. The van der Waals surface area contributed by atoms with E-state index in [4.69, 9.17) is 4.74 Å². The molecule has 0 atom stereocenters. The number of piperidine rings is 1. The number of carbonyl (C=O) groups is 2. The van der Waals surface area contributed by atoms with Gasteiger partial charge in [-0.3, -0.25) is 9.59 Å². The molecule has 0 aromatic heterocycles. The van der Waals surface area contributed by atoms with Crippen LogP contribution in [-0.4, -0.2) is 63.1 Å². The van der Waals surface area contributed by atoms with E-state index in [9.17, 15) is 9.59 Å². The summed E-state index contributed by atoms with van der Waals surface area (Å²) < 4.78 is 5.55. The lowest BCUT2D eigenvalue weighted by atomic mass is 10.1. The Hall–Kier alpha value is -3.22. The minimum Gasteiger partial charge on any atom is -0.495 e. The van der Waals surface area contributed by atoms with Gasteiger partial charge in [-0.2, -0.15) is 0 Å². The van der Waals surface area contributed by atoms with Gasteiger partial charge in [-0.15, -0.1) is 0 Å². The molecule has 2 aromatic rings. The number of benzene rings is 2. The maximum absolute atomic E-state index is 13.6. The zero-order chi connectivity index (χ0) is 23.5. The largest absolute Gasteiger partial charge is 0.495 e. The van der Waals surface area contributed by atoms with E-state index in [1.165, 1.54) is 6.42 Å². The summed E-state index contributed by atoms with van der Waals surface area (Å²) >= 11 is 0. The van der Waals surface area contributed by atoms with Crippen molar-refractivity contribution in [2.75, 3.05) is 61.5 Å². The highest BCUT2D eigenvalue weighted by Gasteiger charge is 2.31. The predicted molar refractivity (Wildman–Crippen MR) is 135 cm³/mol. The highest BCUT2D eigenvalue weighted by molar-refractivity contribution is 6.02. The van der Waals surface area contributed by atoms with Crippen LogP contribution >= 0.6 is 0 Å². The Balaban J connectivity index is 1.36. The monoisotopic (exact) mass is 462 g/mol. The minimum atomic E-state index is 0.0644. The van der Waals surface area contributed by atoms with E-state index < -0.39 is 0 Å². The second-order valence-corrected chi connectivity index (χ2v) is 9.49. The van der Waals surface area contributed by atoms with Crippen LogP contribution < -0.4 is 19.9 Å². The fourth-order valence-electron chi connectivity index (χ4n) is 5.00. The number of methoxy groups -OCH3 is 1. The summed E-state index contributed by atoms with van der Waals surface area (Å²) in [6, 6.07) is 13.9. The number of piperazine rings is 1. The molecular weight excluding hydrogens is 428 g/mol. The first-order valence-corrected chi connectivity index (χ1v) is 12.5. The van der Waals surface area contributed by atoms with Crippen LogP contribution in [0.1, 0.15) is 42.5 Å². The van der Waals surface area contributed by atoms with Crippen molar-refractivity contribution < 1.29 is 14.3 Å². The van der Waals surface area contributed by atoms with Crippen LogP contribution in [0.4, 0.5) is 17.1 Å². The Morgan fingerprint density at radius 3 is 2.21 bits per heavy atom. The summed E-state index contributed by atoms with van der Waals surface area (Å²) in [4.78, 5) is 32.5. The van der Waals surface area contributed by atoms with Crippen LogP contribution in [0.3, 0.4) is 0 Å². The van der Waals surface area contributed by atoms with E-state index in [1.54, 1.807) is 7.11 Å². The molecular formula is C27H34N4O3. The maximum Gasteiger partial charge on any atom is 0.256 e. The van der Waals surface area contributed by atoms with Gasteiger partial charge in [0.1, 0.15) is 5.75 Å². The molecule has 34 heavy (non-hydrogen) atoms. The van der Waals surface area contributed by atoms with Gasteiger partial charge in [0.25, 0.3) is 5.91 Å². The van der Waals surface area contributed by atoms with Crippen molar-refractivity contribution in [3.05, 3.63) is 48.0 Å². The second kappa shape index (κ2) is 9.95. The zero-order valence-corrected chi connectivity index (χ0v) is 20.0. The molecule has 5 rings (SSSR count). The Morgan fingerprint density at radius 1 is 0.853 bits per heavy atom. The number of para-hydroxylation sites is 2. The van der Waals surface area contributed by atoms with E-state index in [-0.39, 0.29) is 17.7 Å². The molecule has 0 bridgehead atoms. The molecule has 3 fully saturated rings. The highest BCUT2D eigenvalue weighted by atomic mass is 16.5. The molecule has 0 unspecified atom stereocenters. The molecule has 180 valence electrons. The lowest BCUT2D eigenvalue weighted by Gasteiger charge is -2.39. The van der Waals surface area contributed by atoms with Gasteiger partial charge in [-0.1, -0.05) is 12.1 Å². The summed E-state index contributed by atoms with van der Waals surface area (Å²) in [5.74, 6) is 1.15. The predicted octanol–water partition coefficient (Wildman–Crippen LogP) is 4.00. The topological polar surface area (TPSA) is 65.1 Å². The van der Waals surface area contributed by atoms with Gasteiger partial charge in [-0.05, 0) is 62.4 Å². The number of carbonyl (C=O) groups excluding carboxylic acids is 2. The van der Waals surface area contributed by atoms with Crippen molar-refractivity contribution in [2.24, 2.45) is 5.92 Å². The first-order valence-electron chi connectivity index (χ1n) is 12.5. The fraction of sp³-hybridized carbons (Fsp3) is 0.481. The molecule has 0 radical (unpaired) electrons. The van der Waals surface area contributed by atoms with Gasteiger partial charge in [-0.25, -0.2) is 0 Å². The van der Waals surface area contributed by atoms with Crippen molar-refractivity contribution in [3.8, 4) is 5.75 Å². The number of hydrogen-bond donors (Lipinski definition) is 1. The number of ether oxygens (including phenoxy) is 1. The van der Waals surface area contributed by atoms with Gasteiger partial charge in [0, 0.05) is 56.6 Å². The number of rotatable bonds is 6. The van der Waals surface area contributed by atoms with E-state index in [2.05, 4.69) is 21.2 Å². The molecule has 1 aliphatic carbocycles. The Labute approximate surface area is 201 Å². The van der Waals surface area contributed by atoms with Crippen LogP contribution in [0.15, 0.2) is 42.5 Å². The molecule has 2 saturated heterocycles. The fourth-order valence-corrected chi connectivity index (χ4v) is 5.00. The van der Waals surface area contributed by atoms with Gasteiger partial charge >= 0.3 is 0 Å². The molecule has 2 aliphatic heterocycles. The summed E-state index contributed by atoms with van der Waals surface area (Å²) in [6.07, 6.45) is 5.20. The Bertz CT molecular complexity index is 1040. The molecule has 2 amide bonds. The summed E-state index contributed by atoms with van der Waals surface area (Å²) in [7, 11) is 1.71. The Morgan fingerprint density at radius 2 is 1.53 bits per heavy atom. The first kappa shape index (κ1) is 22.6. The minimum absolute atomic E-state index is 0.0644. The molecule has 1 N–H and O–H groups in total. The highest BCUT2D eigenvalue weighted by Crippen LogP contribution is 2.33. The van der Waals surface area contributed by atoms with Gasteiger partial charge in [0.15, 0.2) is 0 Å². The van der Waals surface area contributed by atoms with Crippen molar-refractivity contribution in [1.82, 2.24) is 4.90 Å². The normalized spacial score (nSPS) is 18.6. The standard InChI is InChI=1S/C27H34N4O3/c1-34-25-8-4-3-7-24(25)30-17-15-29(16-18-30)23-12-11-21(28-26(32)20-9-10-20)19-22(23)27(33)31-13-5-2-6-14-31/h3-4,7-8,11-12,19-20H,2,5-6,9-10,13-18H2,1H3,(H,28,32). The van der Waals surface area contributed by atoms with Crippen LogP contribution in [0, 0.1) is 5.92 Å².